The van der Waals surface area contributed by atoms with Crippen LogP contribution in [0.25, 0.3) is 17.2 Å². The van der Waals surface area contributed by atoms with Crippen LogP contribution in [0, 0.1) is 16.7 Å². The number of hydrogen-bond donors (Lipinski definition) is 3. The van der Waals surface area contributed by atoms with Crippen molar-refractivity contribution in [1.29, 1.82) is 5.26 Å². The van der Waals surface area contributed by atoms with Crippen LogP contribution < -0.4 is 10.6 Å². The highest BCUT2D eigenvalue weighted by Gasteiger charge is 2.22. The minimum Gasteiger partial charge on any atom is -0.351 e. The summed E-state index contributed by atoms with van der Waals surface area (Å²) in [5.41, 5.74) is 5.67. The number of nitrogens with zero attached hydrogens (tertiary/aromatic N) is 1. The molecule has 0 aliphatic heterocycles. The molecule has 0 fully saturated rings. The van der Waals surface area contributed by atoms with Gasteiger partial charge in [-0.1, -0.05) is 99.1 Å². The number of allylic oxidation sites excluding steroid dienone is 1. The minimum absolute atomic E-state index is 0.0254. The summed E-state index contributed by atoms with van der Waals surface area (Å²) in [4.78, 5) is 26.3. The van der Waals surface area contributed by atoms with Crippen molar-refractivity contribution in [3.63, 3.8) is 0 Å². The summed E-state index contributed by atoms with van der Waals surface area (Å²) in [5.74, 6) is -1.88. The largest absolute Gasteiger partial charge is 0.351 e. The molecule has 0 spiro atoms. The smallest absolute Gasteiger partial charge is 0.266 e. The van der Waals surface area contributed by atoms with E-state index in [2.05, 4.69) is 49.6 Å². The number of halogens is 1. The highest BCUT2D eigenvalue weighted by Crippen LogP contribution is 2.32. The molecule has 4 aromatic carbocycles. The highest BCUT2D eigenvalue weighted by molar-refractivity contribution is 7.85. The lowest BCUT2D eigenvalue weighted by molar-refractivity contribution is -0.117. The van der Waals surface area contributed by atoms with E-state index in [1.54, 1.807) is 48.5 Å². The van der Waals surface area contributed by atoms with E-state index in [-0.39, 0.29) is 17.9 Å². The van der Waals surface area contributed by atoms with E-state index in [4.69, 9.17) is 21.4 Å². The molecule has 2 amide bonds. The van der Waals surface area contributed by atoms with Crippen LogP contribution in [0.5, 0.6) is 0 Å². The number of rotatable bonds is 11. The summed E-state index contributed by atoms with van der Waals surface area (Å²) < 4.78 is 30.8. The van der Waals surface area contributed by atoms with Crippen LogP contribution in [-0.4, -0.2) is 37.1 Å². The van der Waals surface area contributed by atoms with E-state index in [1.807, 2.05) is 42.5 Å². The molecule has 1 unspecified atom stereocenters. The van der Waals surface area contributed by atoms with Crippen LogP contribution in [0.2, 0.25) is 5.02 Å². The van der Waals surface area contributed by atoms with Crippen molar-refractivity contribution in [2.45, 2.75) is 33.1 Å². The van der Waals surface area contributed by atoms with Crippen LogP contribution in [0.3, 0.4) is 0 Å². The lowest BCUT2D eigenvalue weighted by Crippen LogP contribution is -2.28. The maximum absolute atomic E-state index is 13.8. The van der Waals surface area contributed by atoms with E-state index in [0.29, 0.717) is 28.3 Å². The summed E-state index contributed by atoms with van der Waals surface area (Å²) in [6.45, 7) is 6.14. The first-order chi connectivity index (χ1) is 22.2. The van der Waals surface area contributed by atoms with E-state index < -0.39 is 27.7 Å². The Bertz CT molecular complexity index is 1910. The van der Waals surface area contributed by atoms with Crippen molar-refractivity contribution in [3.05, 3.63) is 130 Å². The Morgan fingerprint density at radius 3 is 2.19 bits per heavy atom. The molecule has 1 atom stereocenters. The van der Waals surface area contributed by atoms with Gasteiger partial charge in [0.15, 0.2) is 0 Å². The fraction of sp³-hybridized carbons (Fsp3) is 0.216. The molecular weight excluding hydrogens is 634 g/mol. The number of nitriles is 1. The average molecular weight is 670 g/mol. The van der Waals surface area contributed by atoms with Gasteiger partial charge in [0.05, 0.1) is 28.3 Å². The monoisotopic (exact) mass is 669 g/mol. The molecule has 0 aliphatic rings. The Morgan fingerprint density at radius 1 is 0.957 bits per heavy atom. The van der Waals surface area contributed by atoms with E-state index in [0.717, 1.165) is 27.8 Å². The van der Waals surface area contributed by atoms with Crippen LogP contribution in [-0.2, 0) is 21.3 Å². The summed E-state index contributed by atoms with van der Waals surface area (Å²) in [7, 11) is -4.19. The molecular formula is C37H36ClN3O5S. The predicted molar refractivity (Wildman–Crippen MR) is 187 cm³/mol. The van der Waals surface area contributed by atoms with Gasteiger partial charge in [-0.25, -0.2) is 0 Å². The second kappa shape index (κ2) is 15.2. The third kappa shape index (κ3) is 10.6. The Labute approximate surface area is 280 Å². The second-order valence-corrected chi connectivity index (χ2v) is 14.2. The third-order valence-electron chi connectivity index (χ3n) is 7.29. The molecule has 3 N–H and O–H groups in total. The van der Waals surface area contributed by atoms with Gasteiger partial charge >= 0.3 is 0 Å². The molecule has 0 saturated heterocycles. The van der Waals surface area contributed by atoms with Crippen molar-refractivity contribution in [2.75, 3.05) is 17.6 Å². The molecule has 242 valence electrons. The van der Waals surface area contributed by atoms with Crippen molar-refractivity contribution >= 4 is 45.3 Å². The highest BCUT2D eigenvalue weighted by atomic mass is 35.5. The lowest BCUT2D eigenvalue weighted by Gasteiger charge is -2.19. The predicted octanol–water partition coefficient (Wildman–Crippen LogP) is 7.52. The summed E-state index contributed by atoms with van der Waals surface area (Å²) in [6, 6.07) is 29.0. The van der Waals surface area contributed by atoms with Crippen molar-refractivity contribution in [1.82, 2.24) is 5.32 Å². The molecule has 8 nitrogen and oxygen atoms in total. The fourth-order valence-electron chi connectivity index (χ4n) is 4.75. The van der Waals surface area contributed by atoms with Gasteiger partial charge in [0.1, 0.15) is 0 Å². The van der Waals surface area contributed by atoms with Gasteiger partial charge < -0.3 is 10.6 Å². The first kappa shape index (κ1) is 35.1. The maximum atomic E-state index is 13.8. The minimum atomic E-state index is -4.19. The number of amides is 2. The van der Waals surface area contributed by atoms with Crippen molar-refractivity contribution < 1.29 is 22.6 Å². The quantitative estimate of drug-likeness (QED) is 0.141. The Kier molecular flexibility index (Phi) is 11.4. The molecule has 0 radical (unpaired) electrons. The van der Waals surface area contributed by atoms with Crippen LogP contribution in [0.15, 0.2) is 97.1 Å². The Hall–Kier alpha value is -4.75. The van der Waals surface area contributed by atoms with Crippen LogP contribution >= 0.6 is 11.6 Å². The zero-order valence-electron chi connectivity index (χ0n) is 26.3. The number of anilines is 1. The van der Waals surface area contributed by atoms with Gasteiger partial charge in [-0.2, -0.15) is 13.7 Å². The maximum Gasteiger partial charge on any atom is 0.266 e. The summed E-state index contributed by atoms with van der Waals surface area (Å²) in [5, 5.41) is 15.0. The number of benzene rings is 4. The topological polar surface area (TPSA) is 136 Å². The van der Waals surface area contributed by atoms with Crippen molar-refractivity contribution in [3.8, 4) is 17.2 Å². The molecule has 4 rings (SSSR count). The summed E-state index contributed by atoms with van der Waals surface area (Å²) >= 11 is 6.62. The lowest BCUT2D eigenvalue weighted by atomic mass is 9.89. The van der Waals surface area contributed by atoms with E-state index in [9.17, 15) is 18.0 Å². The number of nitrogens with one attached hydrogen (secondary N) is 2. The van der Waals surface area contributed by atoms with Gasteiger partial charge in [0.25, 0.3) is 16.0 Å². The first-order valence-electron chi connectivity index (χ1n) is 14.9. The molecule has 10 heteroatoms. The second-order valence-electron chi connectivity index (χ2n) is 12.2. The van der Waals surface area contributed by atoms with Gasteiger partial charge in [-0.3, -0.25) is 14.1 Å². The van der Waals surface area contributed by atoms with Crippen LogP contribution in [0.4, 0.5) is 5.69 Å². The number of hydrogen-bond acceptors (Lipinski definition) is 5. The Morgan fingerprint density at radius 2 is 1.62 bits per heavy atom. The van der Waals surface area contributed by atoms with Crippen molar-refractivity contribution in [2.24, 2.45) is 5.41 Å². The molecule has 0 aliphatic carbocycles. The van der Waals surface area contributed by atoms with E-state index in [1.165, 1.54) is 0 Å². The van der Waals surface area contributed by atoms with E-state index >= 15 is 0 Å². The van der Waals surface area contributed by atoms with Gasteiger partial charge in [0.2, 0.25) is 5.91 Å². The molecule has 0 aromatic heterocycles. The van der Waals surface area contributed by atoms with Crippen LogP contribution in [0.1, 0.15) is 59.3 Å². The standard InChI is InChI=1S/C37H36ClN3O5S/c1-37(2,3)19-18-25-4-10-29(11-5-25)33(22-26-6-14-30(15-7-26)35(42)40-20-21-47(44,45)46)36(43)41-31-16-17-32(34(38)23-31)28-12-8-27(24-39)9-13-28/h4-19,23,33H,20-22H2,1-3H3,(H,40,42)(H,41,43)(H,44,45,46)/b19-18+. The number of carbonyl (C=O) groups excluding carboxylic acids is 2. The zero-order chi connectivity index (χ0) is 34.2. The number of carbonyl (C=O) groups is 2. The molecule has 0 saturated carbocycles. The zero-order valence-corrected chi connectivity index (χ0v) is 27.9. The first-order valence-corrected chi connectivity index (χ1v) is 16.9. The Balaban J connectivity index is 1.55. The van der Waals surface area contributed by atoms with Gasteiger partial charge in [-0.05, 0) is 70.5 Å². The third-order valence-corrected chi connectivity index (χ3v) is 8.33. The summed E-state index contributed by atoms with van der Waals surface area (Å²) in [6.07, 6.45) is 4.51. The fourth-order valence-corrected chi connectivity index (χ4v) is 5.40. The molecule has 0 bridgehead atoms. The normalized spacial score (nSPS) is 12.3. The molecule has 0 heterocycles. The molecule has 47 heavy (non-hydrogen) atoms. The van der Waals surface area contributed by atoms with Gasteiger partial charge in [-0.15, -0.1) is 0 Å². The van der Waals surface area contributed by atoms with Gasteiger partial charge in [0, 0.05) is 23.4 Å². The molecule has 4 aromatic rings. The average Bonchev–Trinajstić information content (AvgIpc) is 3.02. The SMILES string of the molecule is CC(C)(C)/C=C/c1ccc(C(Cc2ccc(C(=O)NCCS(=O)(=O)O)cc2)C(=O)Nc2ccc(-c3ccc(C#N)cc3)c(Cl)c2)cc1.